The van der Waals surface area contributed by atoms with Gasteiger partial charge in [-0.2, -0.15) is 8.78 Å². The van der Waals surface area contributed by atoms with Crippen LogP contribution in [-0.4, -0.2) is 32.7 Å². The Balaban J connectivity index is 0.00000400. The molecule has 0 saturated heterocycles. The van der Waals surface area contributed by atoms with E-state index >= 15 is 0 Å². The number of ether oxygens (including phenoxy) is 2. The van der Waals surface area contributed by atoms with E-state index in [1.807, 2.05) is 0 Å². The monoisotopic (exact) mass is 324 g/mol. The normalized spacial score (nSPS) is 9.95. The number of benzene rings is 1. The van der Waals surface area contributed by atoms with Crippen LogP contribution in [0.15, 0.2) is 18.2 Å². The van der Waals surface area contributed by atoms with Crippen LogP contribution in [0.5, 0.6) is 11.5 Å². The summed E-state index contributed by atoms with van der Waals surface area (Å²) in [6.07, 6.45) is 0.766. The highest BCUT2D eigenvalue weighted by molar-refractivity contribution is 5.85. The highest BCUT2D eigenvalue weighted by Gasteiger charge is 2.11. The van der Waals surface area contributed by atoms with Crippen LogP contribution in [0, 0.1) is 0 Å². The molecule has 120 valence electrons. The molecule has 0 bridgehead atoms. The zero-order chi connectivity index (χ0) is 15.0. The van der Waals surface area contributed by atoms with Crippen LogP contribution in [0.25, 0.3) is 0 Å². The maximum Gasteiger partial charge on any atom is 0.387 e. The summed E-state index contributed by atoms with van der Waals surface area (Å²) in [4.78, 5) is 11.2. The third kappa shape index (κ3) is 7.10. The molecule has 0 atom stereocenters. The number of nitrogens with one attached hydrogen (secondary N) is 1. The summed E-state index contributed by atoms with van der Waals surface area (Å²) < 4.78 is 33.8. The van der Waals surface area contributed by atoms with E-state index in [0.717, 1.165) is 5.56 Å². The third-order valence-corrected chi connectivity index (χ3v) is 2.55. The second kappa shape index (κ2) is 10.2. The highest BCUT2D eigenvalue weighted by atomic mass is 35.5. The molecular formula is C13H19ClF2N2O3. The van der Waals surface area contributed by atoms with Gasteiger partial charge in [0.1, 0.15) is 0 Å². The van der Waals surface area contributed by atoms with E-state index in [-0.39, 0.29) is 36.2 Å². The first-order valence-corrected chi connectivity index (χ1v) is 6.15. The van der Waals surface area contributed by atoms with Crippen molar-refractivity contribution in [2.75, 3.05) is 20.2 Å². The van der Waals surface area contributed by atoms with Crippen molar-refractivity contribution in [3.05, 3.63) is 23.8 Å². The first-order chi connectivity index (χ1) is 9.56. The minimum absolute atomic E-state index is 0. The van der Waals surface area contributed by atoms with Crippen LogP contribution in [0.4, 0.5) is 8.78 Å². The minimum Gasteiger partial charge on any atom is -0.493 e. The number of amides is 1. The molecule has 0 saturated carbocycles. The molecule has 0 aliphatic rings. The minimum atomic E-state index is -2.91. The molecule has 3 N–H and O–H groups in total. The fourth-order valence-corrected chi connectivity index (χ4v) is 1.63. The smallest absolute Gasteiger partial charge is 0.387 e. The second-order valence-corrected chi connectivity index (χ2v) is 4.00. The quantitative estimate of drug-likeness (QED) is 0.763. The Hall–Kier alpha value is -1.60. The molecule has 0 fully saturated rings. The van der Waals surface area contributed by atoms with Gasteiger partial charge in [0.2, 0.25) is 5.91 Å². The molecule has 1 aromatic carbocycles. The van der Waals surface area contributed by atoms with Crippen molar-refractivity contribution in [2.24, 2.45) is 5.73 Å². The molecule has 0 unspecified atom stereocenters. The van der Waals surface area contributed by atoms with Crippen molar-refractivity contribution in [3.63, 3.8) is 0 Å². The molecule has 1 rings (SSSR count). The van der Waals surface area contributed by atoms with Crippen LogP contribution in [0.3, 0.4) is 0 Å². The molecule has 1 amide bonds. The summed E-state index contributed by atoms with van der Waals surface area (Å²) in [5.41, 5.74) is 6.01. The third-order valence-electron chi connectivity index (χ3n) is 2.55. The lowest BCUT2D eigenvalue weighted by atomic mass is 10.1. The van der Waals surface area contributed by atoms with Crippen LogP contribution in [0.2, 0.25) is 0 Å². The highest BCUT2D eigenvalue weighted by Crippen LogP contribution is 2.29. The fraction of sp³-hybridized carbons (Fsp3) is 0.462. The molecule has 8 heteroatoms. The SMILES string of the molecule is COc1ccc(CCNC(=O)CCN)cc1OC(F)F.Cl. The average Bonchev–Trinajstić information content (AvgIpc) is 2.38. The van der Waals surface area contributed by atoms with Crippen molar-refractivity contribution in [1.82, 2.24) is 5.32 Å². The molecule has 0 radical (unpaired) electrons. The van der Waals surface area contributed by atoms with Gasteiger partial charge in [0.25, 0.3) is 0 Å². The first kappa shape index (κ1) is 19.4. The van der Waals surface area contributed by atoms with E-state index in [1.54, 1.807) is 12.1 Å². The zero-order valence-corrected chi connectivity index (χ0v) is 12.4. The predicted octanol–water partition coefficient (Wildman–Crippen LogP) is 1.73. The molecule has 0 aromatic heterocycles. The van der Waals surface area contributed by atoms with E-state index < -0.39 is 6.61 Å². The van der Waals surface area contributed by atoms with Crippen LogP contribution in [0.1, 0.15) is 12.0 Å². The molecule has 1 aromatic rings. The van der Waals surface area contributed by atoms with Gasteiger partial charge in [-0.05, 0) is 24.1 Å². The largest absolute Gasteiger partial charge is 0.493 e. The maximum atomic E-state index is 12.3. The number of hydrogen-bond acceptors (Lipinski definition) is 4. The van der Waals surface area contributed by atoms with Gasteiger partial charge in [0, 0.05) is 19.5 Å². The summed E-state index contributed by atoms with van der Waals surface area (Å²) in [6.45, 7) is -2.22. The molecular weight excluding hydrogens is 306 g/mol. The standard InChI is InChI=1S/C13H18F2N2O3.ClH/c1-19-10-3-2-9(8-11(10)20-13(14)15)5-7-17-12(18)4-6-16;/h2-3,8,13H,4-7,16H2,1H3,(H,17,18);1H. The van der Waals surface area contributed by atoms with E-state index in [1.165, 1.54) is 13.2 Å². The summed E-state index contributed by atoms with van der Waals surface area (Å²) >= 11 is 0. The topological polar surface area (TPSA) is 73.6 Å². The number of nitrogens with two attached hydrogens (primary N) is 1. The first-order valence-electron chi connectivity index (χ1n) is 6.15. The fourth-order valence-electron chi connectivity index (χ4n) is 1.63. The summed E-state index contributed by atoms with van der Waals surface area (Å²) in [5, 5.41) is 2.68. The molecule has 0 aliphatic carbocycles. The number of rotatable bonds is 8. The number of hydrogen-bond donors (Lipinski definition) is 2. The molecule has 0 spiro atoms. The Labute approximate surface area is 128 Å². The van der Waals surface area contributed by atoms with Crippen molar-refractivity contribution >= 4 is 18.3 Å². The average molecular weight is 325 g/mol. The number of methoxy groups -OCH3 is 1. The number of halogens is 3. The van der Waals surface area contributed by atoms with Crippen molar-refractivity contribution in [3.8, 4) is 11.5 Å². The van der Waals surface area contributed by atoms with Gasteiger partial charge in [-0.1, -0.05) is 6.07 Å². The van der Waals surface area contributed by atoms with Crippen molar-refractivity contribution in [2.45, 2.75) is 19.5 Å². The van der Waals surface area contributed by atoms with Gasteiger partial charge in [0.05, 0.1) is 7.11 Å². The lowest BCUT2D eigenvalue weighted by Gasteiger charge is -2.11. The summed E-state index contributed by atoms with van der Waals surface area (Å²) in [5.74, 6) is 0.0829. The summed E-state index contributed by atoms with van der Waals surface area (Å²) in [6, 6.07) is 4.75. The van der Waals surface area contributed by atoms with Gasteiger partial charge in [-0.15, -0.1) is 12.4 Å². The van der Waals surface area contributed by atoms with Crippen LogP contribution in [-0.2, 0) is 11.2 Å². The maximum absolute atomic E-state index is 12.3. The number of carbonyl (C=O) groups excluding carboxylic acids is 1. The molecule has 0 heterocycles. The van der Waals surface area contributed by atoms with Crippen molar-refractivity contribution in [1.29, 1.82) is 0 Å². The predicted molar refractivity (Wildman–Crippen MR) is 77.3 cm³/mol. The van der Waals surface area contributed by atoms with E-state index in [0.29, 0.717) is 19.5 Å². The van der Waals surface area contributed by atoms with Gasteiger partial charge in [-0.25, -0.2) is 0 Å². The lowest BCUT2D eigenvalue weighted by Crippen LogP contribution is -2.27. The van der Waals surface area contributed by atoms with Gasteiger partial charge < -0.3 is 20.5 Å². The summed E-state index contributed by atoms with van der Waals surface area (Å²) in [7, 11) is 1.38. The van der Waals surface area contributed by atoms with Crippen molar-refractivity contribution < 1.29 is 23.0 Å². The van der Waals surface area contributed by atoms with E-state index in [4.69, 9.17) is 10.5 Å². The Morgan fingerprint density at radius 3 is 2.67 bits per heavy atom. The number of carbonyl (C=O) groups is 1. The zero-order valence-electron chi connectivity index (χ0n) is 11.6. The molecule has 0 aliphatic heterocycles. The Kier molecular flexibility index (Phi) is 9.40. The lowest BCUT2D eigenvalue weighted by molar-refractivity contribution is -0.120. The van der Waals surface area contributed by atoms with E-state index in [2.05, 4.69) is 10.1 Å². The van der Waals surface area contributed by atoms with E-state index in [9.17, 15) is 13.6 Å². The molecule has 21 heavy (non-hydrogen) atoms. The van der Waals surface area contributed by atoms with Gasteiger partial charge >= 0.3 is 6.61 Å². The van der Waals surface area contributed by atoms with Gasteiger partial charge in [0.15, 0.2) is 11.5 Å². The van der Waals surface area contributed by atoms with Crippen LogP contribution >= 0.6 is 12.4 Å². The van der Waals surface area contributed by atoms with Crippen LogP contribution < -0.4 is 20.5 Å². The Morgan fingerprint density at radius 2 is 2.10 bits per heavy atom. The van der Waals surface area contributed by atoms with Gasteiger partial charge in [-0.3, -0.25) is 4.79 Å². The second-order valence-electron chi connectivity index (χ2n) is 4.00. The number of alkyl halides is 2. The Morgan fingerprint density at radius 1 is 1.38 bits per heavy atom. The molecule has 5 nitrogen and oxygen atoms in total. The Bertz CT molecular complexity index is 447.